The van der Waals surface area contributed by atoms with Crippen LogP contribution < -0.4 is 4.90 Å². The summed E-state index contributed by atoms with van der Waals surface area (Å²) in [5.41, 5.74) is 0. The van der Waals surface area contributed by atoms with Crippen molar-refractivity contribution in [2.75, 3.05) is 31.6 Å². The fraction of sp³-hybridized carbons (Fsp3) is 0.737. The summed E-state index contributed by atoms with van der Waals surface area (Å²) >= 11 is 0. The summed E-state index contributed by atoms with van der Waals surface area (Å²) in [5, 5.41) is 0. The van der Waals surface area contributed by atoms with Gasteiger partial charge in [0.2, 0.25) is 0 Å². The van der Waals surface area contributed by atoms with E-state index in [1.165, 1.54) is 32.2 Å². The van der Waals surface area contributed by atoms with Gasteiger partial charge in [0.1, 0.15) is 5.82 Å². The Hall–Kier alpha value is -1.13. The predicted molar refractivity (Wildman–Crippen MR) is 94.8 cm³/mol. The highest BCUT2D eigenvalue weighted by molar-refractivity contribution is 5.37. The van der Waals surface area contributed by atoms with Crippen LogP contribution in [0.25, 0.3) is 0 Å². The smallest absolute Gasteiger partial charge is 0.128 e. The van der Waals surface area contributed by atoms with Crippen LogP contribution in [-0.4, -0.2) is 54.8 Å². The molecule has 1 aromatic rings. The Labute approximate surface area is 140 Å². The molecule has 0 N–H and O–H groups in total. The molecule has 4 heteroatoms. The van der Waals surface area contributed by atoms with E-state index < -0.39 is 0 Å². The van der Waals surface area contributed by atoms with Gasteiger partial charge in [-0.05, 0) is 64.6 Å². The highest BCUT2D eigenvalue weighted by atomic mass is 16.5. The first-order chi connectivity index (χ1) is 11.1. The minimum Gasteiger partial charge on any atom is -0.375 e. The van der Waals surface area contributed by atoms with Gasteiger partial charge in [-0.1, -0.05) is 6.07 Å². The zero-order valence-electron chi connectivity index (χ0n) is 14.8. The van der Waals surface area contributed by atoms with E-state index >= 15 is 0 Å². The van der Waals surface area contributed by atoms with Crippen molar-refractivity contribution in [3.8, 4) is 0 Å². The van der Waals surface area contributed by atoms with Crippen LogP contribution >= 0.6 is 0 Å². The topological polar surface area (TPSA) is 28.6 Å². The van der Waals surface area contributed by atoms with Crippen molar-refractivity contribution in [1.29, 1.82) is 0 Å². The molecule has 1 saturated heterocycles. The number of aromatic nitrogens is 1. The van der Waals surface area contributed by atoms with E-state index in [0.29, 0.717) is 12.2 Å². The summed E-state index contributed by atoms with van der Waals surface area (Å²) in [6, 6.07) is 6.91. The monoisotopic (exact) mass is 317 g/mol. The van der Waals surface area contributed by atoms with Gasteiger partial charge in [-0.15, -0.1) is 0 Å². The zero-order chi connectivity index (χ0) is 16.2. The second-order valence-electron chi connectivity index (χ2n) is 7.49. The Morgan fingerprint density at radius 2 is 2.00 bits per heavy atom. The van der Waals surface area contributed by atoms with Gasteiger partial charge in [0.15, 0.2) is 0 Å². The van der Waals surface area contributed by atoms with Crippen molar-refractivity contribution in [1.82, 2.24) is 9.88 Å². The van der Waals surface area contributed by atoms with Crippen LogP contribution in [0.3, 0.4) is 0 Å². The first kappa shape index (κ1) is 16.7. The molecule has 3 rings (SSSR count). The van der Waals surface area contributed by atoms with Crippen molar-refractivity contribution in [3.05, 3.63) is 24.4 Å². The van der Waals surface area contributed by atoms with Crippen LogP contribution in [0.5, 0.6) is 0 Å². The maximum atomic E-state index is 5.88. The molecular formula is C19H31N3O. The Bertz CT molecular complexity index is 465. The molecule has 0 unspecified atom stereocenters. The Morgan fingerprint density at radius 3 is 2.61 bits per heavy atom. The summed E-state index contributed by atoms with van der Waals surface area (Å²) in [6.07, 6.45) is 7.72. The van der Waals surface area contributed by atoms with E-state index in [9.17, 15) is 0 Å². The predicted octanol–water partition coefficient (Wildman–Crippen LogP) is 3.19. The molecule has 1 aliphatic heterocycles. The van der Waals surface area contributed by atoms with Crippen molar-refractivity contribution >= 4 is 5.82 Å². The molecule has 2 heterocycles. The first-order valence-electron chi connectivity index (χ1n) is 9.13. The molecule has 0 bridgehead atoms. The third-order valence-electron chi connectivity index (χ3n) is 5.29. The number of rotatable bonds is 6. The Morgan fingerprint density at radius 1 is 1.26 bits per heavy atom. The van der Waals surface area contributed by atoms with Gasteiger partial charge in [0, 0.05) is 31.9 Å². The quantitative estimate of drug-likeness (QED) is 0.806. The van der Waals surface area contributed by atoms with Crippen molar-refractivity contribution < 1.29 is 4.74 Å². The van der Waals surface area contributed by atoms with Crippen LogP contribution in [-0.2, 0) is 4.74 Å². The normalized spacial score (nSPS) is 25.9. The third-order valence-corrected chi connectivity index (χ3v) is 5.29. The van der Waals surface area contributed by atoms with Crippen LogP contribution in [0.15, 0.2) is 24.4 Å². The number of piperidine rings is 1. The molecule has 1 aliphatic carbocycles. The fourth-order valence-electron chi connectivity index (χ4n) is 3.84. The van der Waals surface area contributed by atoms with Gasteiger partial charge >= 0.3 is 0 Å². The number of nitrogens with zero attached hydrogens (tertiary/aromatic N) is 3. The highest BCUT2D eigenvalue weighted by Gasteiger charge is 2.34. The van der Waals surface area contributed by atoms with E-state index in [2.05, 4.69) is 47.8 Å². The maximum Gasteiger partial charge on any atom is 0.128 e. The number of ether oxygens (including phenoxy) is 1. The van der Waals surface area contributed by atoms with Gasteiger partial charge in [0.25, 0.3) is 0 Å². The van der Waals surface area contributed by atoms with E-state index in [1.54, 1.807) is 0 Å². The van der Waals surface area contributed by atoms with Crippen molar-refractivity contribution in [2.24, 2.45) is 5.92 Å². The highest BCUT2D eigenvalue weighted by Crippen LogP contribution is 2.30. The average molecular weight is 317 g/mol. The summed E-state index contributed by atoms with van der Waals surface area (Å²) in [4.78, 5) is 9.47. The molecule has 0 amide bonds. The van der Waals surface area contributed by atoms with Gasteiger partial charge < -0.3 is 14.5 Å². The van der Waals surface area contributed by atoms with Gasteiger partial charge in [-0.2, -0.15) is 0 Å². The molecule has 2 aliphatic rings. The lowest BCUT2D eigenvalue weighted by Gasteiger charge is -2.43. The van der Waals surface area contributed by atoms with E-state index in [4.69, 9.17) is 4.74 Å². The number of pyridine rings is 1. The average Bonchev–Trinajstić information content (AvgIpc) is 2.52. The largest absolute Gasteiger partial charge is 0.375 e. The molecule has 1 saturated carbocycles. The number of hydrogen-bond acceptors (Lipinski definition) is 4. The summed E-state index contributed by atoms with van der Waals surface area (Å²) in [6.45, 7) is 7.77. The standard InChI is InChI=1S/C19H31N3O/c1-15(2)23-18-12-17(13-18)21(3)14-16-7-10-22(11-8-16)19-6-4-5-9-20-19/h4-6,9,15-18H,7-8,10-14H2,1-3H3. The molecule has 0 aromatic carbocycles. The second-order valence-corrected chi connectivity index (χ2v) is 7.49. The lowest BCUT2D eigenvalue weighted by Crippen LogP contribution is -2.49. The first-order valence-corrected chi connectivity index (χ1v) is 9.13. The number of anilines is 1. The van der Waals surface area contributed by atoms with Gasteiger partial charge in [-0.25, -0.2) is 4.98 Å². The molecule has 4 nitrogen and oxygen atoms in total. The third kappa shape index (κ3) is 4.45. The van der Waals surface area contributed by atoms with Crippen molar-refractivity contribution in [2.45, 2.75) is 57.8 Å². The lowest BCUT2D eigenvalue weighted by atomic mass is 9.86. The molecule has 128 valence electrons. The SMILES string of the molecule is CC(C)OC1CC(N(C)CC2CCN(c3ccccn3)CC2)C1. The number of hydrogen-bond donors (Lipinski definition) is 0. The lowest BCUT2D eigenvalue weighted by molar-refractivity contribution is -0.0744. The van der Waals surface area contributed by atoms with Gasteiger partial charge in [-0.3, -0.25) is 0 Å². The minimum absolute atomic E-state index is 0.363. The molecule has 1 aromatic heterocycles. The molecular weight excluding hydrogens is 286 g/mol. The Balaban J connectivity index is 1.38. The molecule has 0 atom stereocenters. The second kappa shape index (κ2) is 7.63. The molecule has 0 radical (unpaired) electrons. The zero-order valence-corrected chi connectivity index (χ0v) is 14.8. The van der Waals surface area contributed by atoms with E-state index in [1.807, 2.05) is 12.3 Å². The maximum absolute atomic E-state index is 5.88. The summed E-state index contributed by atoms with van der Waals surface area (Å²) < 4.78 is 5.88. The van der Waals surface area contributed by atoms with Gasteiger partial charge in [0.05, 0.1) is 12.2 Å². The minimum atomic E-state index is 0.363. The van der Waals surface area contributed by atoms with Crippen LogP contribution in [0, 0.1) is 5.92 Å². The molecule has 2 fully saturated rings. The van der Waals surface area contributed by atoms with Crippen LogP contribution in [0.4, 0.5) is 5.82 Å². The molecule has 23 heavy (non-hydrogen) atoms. The Kier molecular flexibility index (Phi) is 5.54. The van der Waals surface area contributed by atoms with Crippen molar-refractivity contribution in [3.63, 3.8) is 0 Å². The fourth-order valence-corrected chi connectivity index (χ4v) is 3.84. The summed E-state index contributed by atoms with van der Waals surface area (Å²) in [7, 11) is 2.29. The van der Waals surface area contributed by atoms with Crippen LogP contribution in [0.1, 0.15) is 39.5 Å². The van der Waals surface area contributed by atoms with Crippen LogP contribution in [0.2, 0.25) is 0 Å². The molecule has 0 spiro atoms. The van der Waals surface area contributed by atoms with E-state index in [-0.39, 0.29) is 0 Å². The van der Waals surface area contributed by atoms with E-state index in [0.717, 1.165) is 30.9 Å². The summed E-state index contributed by atoms with van der Waals surface area (Å²) in [5.74, 6) is 1.96.